The van der Waals surface area contributed by atoms with Crippen LogP contribution in [0.1, 0.15) is 12.5 Å². The quantitative estimate of drug-likeness (QED) is 0.361. The van der Waals surface area contributed by atoms with Gasteiger partial charge in [0.15, 0.2) is 9.84 Å². The lowest BCUT2D eigenvalue weighted by Gasteiger charge is -2.35. The van der Waals surface area contributed by atoms with E-state index in [2.05, 4.69) is 25.7 Å². The molecule has 2 N–H and O–H groups in total. The fraction of sp³-hybridized carbons (Fsp3) is 0.316. The van der Waals surface area contributed by atoms with Crippen molar-refractivity contribution in [3.8, 4) is 0 Å². The van der Waals surface area contributed by atoms with E-state index in [0.717, 1.165) is 6.26 Å². The Balaban J connectivity index is 1.91. The molecule has 1 aromatic carbocycles. The number of halogens is 1. The van der Waals surface area contributed by atoms with Crippen LogP contribution in [0.3, 0.4) is 0 Å². The van der Waals surface area contributed by atoms with Crippen LogP contribution in [0.5, 0.6) is 0 Å². The minimum atomic E-state index is -3.63. The molecule has 2 aromatic heterocycles. The number of nitrogens with zero attached hydrogens (tertiary/aromatic N) is 4. The first-order chi connectivity index (χ1) is 14.4. The van der Waals surface area contributed by atoms with E-state index in [0.29, 0.717) is 36.8 Å². The van der Waals surface area contributed by atoms with Crippen LogP contribution in [-0.4, -0.2) is 61.9 Å². The number of fused-ring (bicyclic) bond motifs is 1. The van der Waals surface area contributed by atoms with E-state index in [9.17, 15) is 8.42 Å². The van der Waals surface area contributed by atoms with Gasteiger partial charge in [-0.3, -0.25) is 10.5 Å². The number of hydrazone groups is 1. The molecule has 4 rings (SSSR count). The predicted octanol–water partition coefficient (Wildman–Crippen LogP) is 2.17. The first-order valence-electron chi connectivity index (χ1n) is 9.31. The van der Waals surface area contributed by atoms with Gasteiger partial charge in [0.2, 0.25) is 5.95 Å². The van der Waals surface area contributed by atoms with E-state index in [1.165, 1.54) is 18.5 Å². The Morgan fingerprint density at radius 3 is 2.93 bits per heavy atom. The zero-order valence-electron chi connectivity index (χ0n) is 16.5. The van der Waals surface area contributed by atoms with Crippen LogP contribution < -0.4 is 10.3 Å². The third-order valence-electron chi connectivity index (χ3n) is 4.88. The van der Waals surface area contributed by atoms with Gasteiger partial charge in [-0.25, -0.2) is 13.4 Å². The number of hydrogen-bond acceptors (Lipinski definition) is 8. The van der Waals surface area contributed by atoms with Gasteiger partial charge in [-0.05, 0) is 13.0 Å². The van der Waals surface area contributed by atoms with Crippen LogP contribution in [0.2, 0.25) is 0 Å². The summed E-state index contributed by atoms with van der Waals surface area (Å²) in [5.74, 6) is 0.0935. The van der Waals surface area contributed by atoms with E-state index in [1.807, 2.05) is 11.8 Å². The molecule has 1 saturated heterocycles. The molecule has 0 amide bonds. The van der Waals surface area contributed by atoms with Crippen molar-refractivity contribution in [1.29, 1.82) is 0 Å². The molecule has 3 heterocycles. The van der Waals surface area contributed by atoms with Gasteiger partial charge in [0, 0.05) is 29.6 Å². The second-order valence-electron chi connectivity index (χ2n) is 7.05. The summed E-state index contributed by atoms with van der Waals surface area (Å²) in [5, 5.41) is 11.3. The monoisotopic (exact) mass is 432 g/mol. The number of benzene rings is 1. The average Bonchev–Trinajstić information content (AvgIpc) is 3.22. The molecule has 0 spiro atoms. The summed E-state index contributed by atoms with van der Waals surface area (Å²) >= 11 is 0. The van der Waals surface area contributed by atoms with Crippen molar-refractivity contribution in [3.05, 3.63) is 42.0 Å². The number of aromatic amines is 1. The van der Waals surface area contributed by atoms with Crippen molar-refractivity contribution in [2.24, 2.45) is 5.10 Å². The number of ether oxygens (including phenoxy) is 1. The van der Waals surface area contributed by atoms with E-state index in [4.69, 9.17) is 4.74 Å². The SMILES string of the molecule is C[C@@H]1COCCN1c1nc(F)c(C=NNc2ccn[nH]2)c2c(S(C)(=O)=O)cccc12. The summed E-state index contributed by atoms with van der Waals surface area (Å²) in [5.41, 5.74) is 2.68. The summed E-state index contributed by atoms with van der Waals surface area (Å²) in [6, 6.07) is 6.46. The van der Waals surface area contributed by atoms with Gasteiger partial charge in [0.1, 0.15) is 11.6 Å². The highest BCUT2D eigenvalue weighted by Crippen LogP contribution is 2.34. The lowest BCUT2D eigenvalue weighted by molar-refractivity contribution is 0.0986. The molecule has 0 unspecified atom stereocenters. The molecule has 1 aliphatic heterocycles. The van der Waals surface area contributed by atoms with Crippen molar-refractivity contribution >= 4 is 38.5 Å². The lowest BCUT2D eigenvalue weighted by atomic mass is 10.1. The average molecular weight is 432 g/mol. The van der Waals surface area contributed by atoms with E-state index < -0.39 is 15.8 Å². The zero-order chi connectivity index (χ0) is 21.3. The molecular formula is C19H21FN6O3S. The lowest BCUT2D eigenvalue weighted by Crippen LogP contribution is -2.44. The normalized spacial score (nSPS) is 17.7. The molecule has 0 radical (unpaired) electrons. The fourth-order valence-electron chi connectivity index (χ4n) is 3.48. The van der Waals surface area contributed by atoms with Gasteiger partial charge in [0.05, 0.1) is 42.1 Å². The molecule has 30 heavy (non-hydrogen) atoms. The fourth-order valence-corrected chi connectivity index (χ4v) is 4.40. The van der Waals surface area contributed by atoms with Gasteiger partial charge in [0.25, 0.3) is 0 Å². The van der Waals surface area contributed by atoms with Gasteiger partial charge in [-0.15, -0.1) is 0 Å². The van der Waals surface area contributed by atoms with Gasteiger partial charge in [-0.1, -0.05) is 12.1 Å². The van der Waals surface area contributed by atoms with Crippen LogP contribution >= 0.6 is 0 Å². The summed E-state index contributed by atoms with van der Waals surface area (Å²) in [6.45, 7) is 3.45. The molecule has 1 aliphatic rings. The number of anilines is 2. The molecule has 158 valence electrons. The Labute approximate surface area is 172 Å². The molecule has 1 atom stereocenters. The molecule has 11 heteroatoms. The minimum absolute atomic E-state index is 0.0114. The molecule has 0 aliphatic carbocycles. The van der Waals surface area contributed by atoms with Crippen molar-refractivity contribution in [3.63, 3.8) is 0 Å². The maximum Gasteiger partial charge on any atom is 0.224 e. The summed E-state index contributed by atoms with van der Waals surface area (Å²) < 4.78 is 45.6. The van der Waals surface area contributed by atoms with Gasteiger partial charge in [-0.2, -0.15) is 14.6 Å². The largest absolute Gasteiger partial charge is 0.377 e. The van der Waals surface area contributed by atoms with Crippen LogP contribution in [0.15, 0.2) is 40.5 Å². The first-order valence-corrected chi connectivity index (χ1v) is 11.2. The second kappa shape index (κ2) is 8.00. The van der Waals surface area contributed by atoms with E-state index in [-0.39, 0.29) is 21.9 Å². The molecular weight excluding hydrogens is 411 g/mol. The Morgan fingerprint density at radius 2 is 2.23 bits per heavy atom. The van der Waals surface area contributed by atoms with Gasteiger partial charge >= 0.3 is 0 Å². The van der Waals surface area contributed by atoms with Crippen LogP contribution in [-0.2, 0) is 14.6 Å². The Bertz CT molecular complexity index is 1200. The van der Waals surface area contributed by atoms with Crippen molar-refractivity contribution in [1.82, 2.24) is 15.2 Å². The number of H-pyrrole nitrogens is 1. The van der Waals surface area contributed by atoms with Crippen LogP contribution in [0, 0.1) is 5.95 Å². The number of aromatic nitrogens is 3. The highest BCUT2D eigenvalue weighted by molar-refractivity contribution is 7.91. The maximum atomic E-state index is 15.2. The molecule has 1 fully saturated rings. The summed E-state index contributed by atoms with van der Waals surface area (Å²) in [7, 11) is -3.63. The minimum Gasteiger partial charge on any atom is -0.377 e. The van der Waals surface area contributed by atoms with Crippen molar-refractivity contribution in [2.75, 3.05) is 36.3 Å². The number of hydrogen-bond donors (Lipinski definition) is 2. The smallest absolute Gasteiger partial charge is 0.224 e. The predicted molar refractivity (Wildman–Crippen MR) is 112 cm³/mol. The summed E-state index contributed by atoms with van der Waals surface area (Å²) in [4.78, 5) is 6.14. The second-order valence-corrected chi connectivity index (χ2v) is 9.03. The molecule has 3 aromatic rings. The Hall–Kier alpha value is -3.05. The highest BCUT2D eigenvalue weighted by Gasteiger charge is 2.26. The zero-order valence-corrected chi connectivity index (χ0v) is 17.3. The summed E-state index contributed by atoms with van der Waals surface area (Å²) in [6.07, 6.45) is 3.86. The third kappa shape index (κ3) is 3.85. The Morgan fingerprint density at radius 1 is 1.40 bits per heavy atom. The number of rotatable bonds is 5. The van der Waals surface area contributed by atoms with E-state index >= 15 is 4.39 Å². The molecule has 0 bridgehead atoms. The number of nitrogens with one attached hydrogen (secondary N) is 2. The first kappa shape index (κ1) is 20.2. The standard InChI is InChI=1S/C19H21FN6O3S/c1-12-11-29-9-8-26(12)19-13-4-3-5-15(30(2,27)28)17(13)14(18(20)23-19)10-22-25-16-6-7-21-24-16/h3-7,10,12H,8-9,11H2,1-2H3,(H2,21,24,25)/t12-/m1/s1. The highest BCUT2D eigenvalue weighted by atomic mass is 32.2. The third-order valence-corrected chi connectivity index (χ3v) is 6.02. The van der Waals surface area contributed by atoms with Gasteiger partial charge < -0.3 is 9.64 Å². The number of pyridine rings is 1. The maximum absolute atomic E-state index is 15.2. The van der Waals surface area contributed by atoms with Crippen molar-refractivity contribution < 1.29 is 17.5 Å². The topological polar surface area (TPSA) is 113 Å². The molecule has 9 nitrogen and oxygen atoms in total. The van der Waals surface area contributed by atoms with Crippen LogP contribution in [0.4, 0.5) is 16.0 Å². The number of sulfone groups is 1. The Kier molecular flexibility index (Phi) is 5.39. The van der Waals surface area contributed by atoms with E-state index in [1.54, 1.807) is 18.2 Å². The van der Waals surface area contributed by atoms with Crippen molar-refractivity contribution in [2.45, 2.75) is 17.9 Å². The number of morpholine rings is 1. The molecule has 0 saturated carbocycles. The van der Waals surface area contributed by atoms with Crippen LogP contribution in [0.25, 0.3) is 10.8 Å².